The Labute approximate surface area is 197 Å². The van der Waals surface area contributed by atoms with Crippen LogP contribution in [0.4, 0.5) is 4.79 Å². The van der Waals surface area contributed by atoms with Crippen LogP contribution in [-0.2, 0) is 11.3 Å². The van der Waals surface area contributed by atoms with E-state index in [4.69, 9.17) is 4.99 Å². The molecule has 176 valence electrons. The quantitative estimate of drug-likeness (QED) is 0.403. The van der Waals surface area contributed by atoms with Crippen molar-refractivity contribution in [3.05, 3.63) is 35.9 Å². The number of amides is 3. The molecule has 1 N–H and O–H groups in total. The van der Waals surface area contributed by atoms with Gasteiger partial charge in [0.25, 0.3) is 5.91 Å². The van der Waals surface area contributed by atoms with E-state index < -0.39 is 12.2 Å². The summed E-state index contributed by atoms with van der Waals surface area (Å²) in [6.45, 7) is 2.87. The zero-order valence-electron chi connectivity index (χ0n) is 19.6. The van der Waals surface area contributed by atoms with Gasteiger partial charge in [-0.25, -0.2) is 9.79 Å². The van der Waals surface area contributed by atoms with Gasteiger partial charge in [0.05, 0.1) is 0 Å². The second kappa shape index (κ2) is 12.9. The van der Waals surface area contributed by atoms with Crippen LogP contribution in [0.2, 0.25) is 0 Å². The molecule has 2 atom stereocenters. The summed E-state index contributed by atoms with van der Waals surface area (Å²) in [4.78, 5) is 33.1. The first-order valence-electron chi connectivity index (χ1n) is 12.2. The third-order valence-corrected chi connectivity index (χ3v) is 7.34. The van der Waals surface area contributed by atoms with Crippen LogP contribution in [-0.4, -0.2) is 51.9 Å². The maximum Gasteiger partial charge on any atom is 0.325 e. The highest BCUT2D eigenvalue weighted by Gasteiger charge is 2.48. The lowest BCUT2D eigenvalue weighted by Crippen LogP contribution is -2.63. The van der Waals surface area contributed by atoms with Gasteiger partial charge in [-0.1, -0.05) is 107 Å². The molecule has 0 spiro atoms. The number of rotatable bonds is 13. The van der Waals surface area contributed by atoms with Crippen LogP contribution in [0, 0.1) is 0 Å². The van der Waals surface area contributed by atoms with Gasteiger partial charge in [-0.3, -0.25) is 10.1 Å². The molecule has 1 fully saturated rings. The summed E-state index contributed by atoms with van der Waals surface area (Å²) < 4.78 is 0. The van der Waals surface area contributed by atoms with Crippen LogP contribution in [0.3, 0.4) is 0 Å². The van der Waals surface area contributed by atoms with Crippen LogP contribution in [0.5, 0.6) is 0 Å². The van der Waals surface area contributed by atoms with Gasteiger partial charge in [-0.05, 0) is 12.0 Å². The molecule has 32 heavy (non-hydrogen) atoms. The van der Waals surface area contributed by atoms with E-state index >= 15 is 0 Å². The number of hydrogen-bond acceptors (Lipinski definition) is 5. The molecule has 1 aromatic carbocycles. The minimum Gasteiger partial charge on any atom is -0.331 e. The number of thioether (sulfide) groups is 1. The zero-order valence-corrected chi connectivity index (χ0v) is 20.4. The molecule has 2 heterocycles. The Hall–Kier alpha value is -2.02. The first-order valence-corrected chi connectivity index (χ1v) is 13.2. The molecule has 2 unspecified atom stereocenters. The number of aliphatic imine (C=N–C) groups is 1. The van der Waals surface area contributed by atoms with Gasteiger partial charge in [-0.15, -0.1) is 0 Å². The number of urea groups is 1. The van der Waals surface area contributed by atoms with Gasteiger partial charge in [-0.2, -0.15) is 0 Å². The van der Waals surface area contributed by atoms with E-state index in [1.54, 1.807) is 18.8 Å². The van der Waals surface area contributed by atoms with Crippen molar-refractivity contribution < 1.29 is 9.59 Å². The molecule has 1 aromatic rings. The third-order valence-electron chi connectivity index (χ3n) is 6.25. The van der Waals surface area contributed by atoms with Crippen molar-refractivity contribution in [2.24, 2.45) is 4.99 Å². The van der Waals surface area contributed by atoms with Crippen LogP contribution in [0.25, 0.3) is 0 Å². The summed E-state index contributed by atoms with van der Waals surface area (Å²) in [5.74, 6) is 0.728. The molecule has 2 aliphatic rings. The maximum atomic E-state index is 12.7. The SMILES string of the molecule is CCCCCCCCCCCCSC1=NC2C(C(=O)NC(=O)N2C)N1Cc1ccccc1. The van der Waals surface area contributed by atoms with Gasteiger partial charge in [0, 0.05) is 19.3 Å². The van der Waals surface area contributed by atoms with Crippen LogP contribution in [0.1, 0.15) is 76.7 Å². The first-order chi connectivity index (χ1) is 15.6. The van der Waals surface area contributed by atoms with Crippen molar-refractivity contribution >= 4 is 28.9 Å². The smallest absolute Gasteiger partial charge is 0.325 e. The number of carbonyl (C=O) groups excluding carboxylic acids is 2. The average molecular weight is 459 g/mol. The number of likely N-dealkylation sites (N-methyl/N-ethyl adjacent to an activating group) is 1. The first kappa shape index (κ1) is 24.6. The summed E-state index contributed by atoms with van der Waals surface area (Å²) in [6.07, 6.45) is 12.7. The van der Waals surface area contributed by atoms with Crippen molar-refractivity contribution in [3.8, 4) is 0 Å². The number of carbonyl (C=O) groups is 2. The second-order valence-corrected chi connectivity index (χ2v) is 9.88. The molecule has 0 radical (unpaired) electrons. The van der Waals surface area contributed by atoms with E-state index in [1.165, 1.54) is 62.7 Å². The lowest BCUT2D eigenvalue weighted by Gasteiger charge is -2.36. The van der Waals surface area contributed by atoms with Crippen molar-refractivity contribution in [2.75, 3.05) is 12.8 Å². The summed E-state index contributed by atoms with van der Waals surface area (Å²) in [5, 5.41) is 3.34. The van der Waals surface area contributed by atoms with Gasteiger partial charge in [0.2, 0.25) is 0 Å². The van der Waals surface area contributed by atoms with Crippen LogP contribution in [0.15, 0.2) is 35.3 Å². The Morgan fingerprint density at radius 1 is 0.938 bits per heavy atom. The summed E-state index contributed by atoms with van der Waals surface area (Å²) in [5.41, 5.74) is 1.13. The van der Waals surface area contributed by atoms with Crippen molar-refractivity contribution in [2.45, 2.75) is 89.9 Å². The number of amidine groups is 1. The number of imide groups is 1. The lowest BCUT2D eigenvalue weighted by molar-refractivity contribution is -0.127. The summed E-state index contributed by atoms with van der Waals surface area (Å²) in [6, 6.07) is 9.29. The molecule has 6 nitrogen and oxygen atoms in total. The zero-order chi connectivity index (χ0) is 22.8. The van der Waals surface area contributed by atoms with Crippen LogP contribution < -0.4 is 5.32 Å². The number of unbranched alkanes of at least 4 members (excludes halogenated alkanes) is 9. The van der Waals surface area contributed by atoms with Crippen molar-refractivity contribution in [1.82, 2.24) is 15.1 Å². The molecule has 2 aliphatic heterocycles. The normalized spacial score (nSPS) is 20.4. The van der Waals surface area contributed by atoms with E-state index in [0.717, 1.165) is 22.9 Å². The number of benzene rings is 1. The molecule has 1 saturated heterocycles. The largest absolute Gasteiger partial charge is 0.331 e. The highest BCUT2D eigenvalue weighted by atomic mass is 32.2. The Kier molecular flexibility index (Phi) is 9.90. The molecular weight excluding hydrogens is 420 g/mol. The minimum atomic E-state index is -0.465. The number of nitrogens with one attached hydrogen (secondary N) is 1. The third kappa shape index (κ3) is 6.74. The fourth-order valence-corrected chi connectivity index (χ4v) is 5.38. The standard InChI is InChI=1S/C25H38N4O2S/c1-3-4-5-6-7-8-9-10-11-15-18-32-25-26-22-21(23(30)27-24(31)28(22)2)29(25)19-20-16-13-12-14-17-20/h12-14,16-17,21-22H,3-11,15,18-19H2,1-2H3,(H,27,30,31). The van der Waals surface area contributed by atoms with E-state index in [1.807, 2.05) is 18.2 Å². The Balaban J connectivity index is 1.47. The maximum absolute atomic E-state index is 12.7. The number of nitrogens with zero attached hydrogens (tertiary/aromatic N) is 3. The Morgan fingerprint density at radius 3 is 2.22 bits per heavy atom. The van der Waals surface area contributed by atoms with Gasteiger partial charge < -0.3 is 9.80 Å². The highest BCUT2D eigenvalue weighted by molar-refractivity contribution is 8.13. The van der Waals surface area contributed by atoms with Crippen molar-refractivity contribution in [1.29, 1.82) is 0 Å². The topological polar surface area (TPSA) is 65.0 Å². The highest BCUT2D eigenvalue weighted by Crippen LogP contribution is 2.30. The molecule has 0 aliphatic carbocycles. The fraction of sp³-hybridized carbons (Fsp3) is 0.640. The monoisotopic (exact) mass is 458 g/mol. The van der Waals surface area contributed by atoms with E-state index in [-0.39, 0.29) is 11.9 Å². The molecule has 0 bridgehead atoms. The second-order valence-electron chi connectivity index (χ2n) is 8.82. The van der Waals surface area contributed by atoms with Gasteiger partial charge in [0.15, 0.2) is 17.4 Å². The summed E-state index contributed by atoms with van der Waals surface area (Å²) in [7, 11) is 1.71. The fourth-order valence-electron chi connectivity index (χ4n) is 4.32. The predicted octanol–water partition coefficient (Wildman–Crippen LogP) is 5.39. The molecule has 7 heteroatoms. The molecule has 0 aromatic heterocycles. The number of fused-ring (bicyclic) bond motifs is 1. The molecular formula is C25H38N4O2S. The average Bonchev–Trinajstić information content (AvgIpc) is 3.15. The summed E-state index contributed by atoms with van der Waals surface area (Å²) >= 11 is 1.72. The van der Waals surface area contributed by atoms with Gasteiger partial charge in [0.1, 0.15) is 0 Å². The molecule has 3 amide bonds. The Bertz CT molecular complexity index is 770. The van der Waals surface area contributed by atoms with E-state index in [2.05, 4.69) is 29.3 Å². The lowest BCUT2D eigenvalue weighted by atomic mass is 10.1. The molecule has 3 rings (SSSR count). The predicted molar refractivity (Wildman–Crippen MR) is 133 cm³/mol. The van der Waals surface area contributed by atoms with E-state index in [9.17, 15) is 9.59 Å². The van der Waals surface area contributed by atoms with Crippen molar-refractivity contribution in [3.63, 3.8) is 0 Å². The molecule has 0 saturated carbocycles. The minimum absolute atomic E-state index is 0.257. The van der Waals surface area contributed by atoms with Gasteiger partial charge >= 0.3 is 6.03 Å². The Morgan fingerprint density at radius 2 is 1.56 bits per heavy atom. The number of hydrogen-bond donors (Lipinski definition) is 1. The van der Waals surface area contributed by atoms with Crippen LogP contribution >= 0.6 is 11.8 Å². The van der Waals surface area contributed by atoms with E-state index in [0.29, 0.717) is 6.54 Å².